The van der Waals surface area contributed by atoms with Gasteiger partial charge in [-0.1, -0.05) is 29.8 Å². The van der Waals surface area contributed by atoms with E-state index in [4.69, 9.17) is 11.6 Å². The first-order valence-corrected chi connectivity index (χ1v) is 6.10. The first kappa shape index (κ1) is 12.5. The summed E-state index contributed by atoms with van der Waals surface area (Å²) in [6.07, 6.45) is 2.23. The van der Waals surface area contributed by atoms with E-state index in [1.807, 2.05) is 0 Å². The summed E-state index contributed by atoms with van der Waals surface area (Å²) in [6, 6.07) is 9.16. The average molecular weight is 226 g/mol. The predicted molar refractivity (Wildman–Crippen MR) is 67.4 cm³/mol. The molecule has 84 valence electrons. The molecule has 1 atom stereocenters. The Morgan fingerprint density at radius 2 is 2.20 bits per heavy atom. The maximum absolute atomic E-state index is 5.66. The lowest BCUT2D eigenvalue weighted by Gasteiger charge is -2.13. The van der Waals surface area contributed by atoms with Crippen LogP contribution in [0.25, 0.3) is 0 Å². The molecule has 2 heteroatoms. The summed E-state index contributed by atoms with van der Waals surface area (Å²) in [7, 11) is 0. The molecule has 15 heavy (non-hydrogen) atoms. The van der Waals surface area contributed by atoms with Crippen LogP contribution in [0.3, 0.4) is 0 Å². The zero-order valence-corrected chi connectivity index (χ0v) is 10.3. The van der Waals surface area contributed by atoms with Crippen molar-refractivity contribution in [3.63, 3.8) is 0 Å². The highest BCUT2D eigenvalue weighted by Crippen LogP contribution is 2.05. The molecule has 0 spiro atoms. The number of benzene rings is 1. The number of hydrogen-bond donors (Lipinski definition) is 1. The fourth-order valence-corrected chi connectivity index (χ4v) is 1.75. The molecule has 0 aliphatic heterocycles. The van der Waals surface area contributed by atoms with Crippen molar-refractivity contribution in [2.45, 2.75) is 39.3 Å². The van der Waals surface area contributed by atoms with E-state index in [1.54, 1.807) is 0 Å². The molecule has 1 nitrogen and oxygen atoms in total. The van der Waals surface area contributed by atoms with E-state index in [-0.39, 0.29) is 0 Å². The summed E-state index contributed by atoms with van der Waals surface area (Å²) >= 11 is 5.66. The van der Waals surface area contributed by atoms with Crippen molar-refractivity contribution < 1.29 is 0 Å². The molecular formula is C13H20ClN. The van der Waals surface area contributed by atoms with Gasteiger partial charge in [0.1, 0.15) is 0 Å². The molecule has 1 aromatic carbocycles. The molecule has 0 aliphatic carbocycles. The van der Waals surface area contributed by atoms with E-state index < -0.39 is 0 Å². The van der Waals surface area contributed by atoms with E-state index in [0.29, 0.717) is 6.04 Å². The molecule has 0 aromatic heterocycles. The number of alkyl halides is 1. The van der Waals surface area contributed by atoms with Crippen LogP contribution >= 0.6 is 11.6 Å². The molecule has 0 saturated heterocycles. The summed E-state index contributed by atoms with van der Waals surface area (Å²) in [6.45, 7) is 5.29. The molecule has 0 heterocycles. The van der Waals surface area contributed by atoms with Crippen molar-refractivity contribution in [1.29, 1.82) is 0 Å². The number of rotatable bonds is 6. The van der Waals surface area contributed by atoms with E-state index in [2.05, 4.69) is 43.4 Å². The van der Waals surface area contributed by atoms with Gasteiger partial charge in [0, 0.05) is 18.5 Å². The Morgan fingerprint density at radius 3 is 2.87 bits per heavy atom. The van der Waals surface area contributed by atoms with Gasteiger partial charge in [-0.25, -0.2) is 0 Å². The van der Waals surface area contributed by atoms with Crippen LogP contribution in [0.1, 0.15) is 30.9 Å². The van der Waals surface area contributed by atoms with Crippen molar-refractivity contribution in [2.24, 2.45) is 0 Å². The van der Waals surface area contributed by atoms with Gasteiger partial charge in [-0.05, 0) is 32.3 Å². The smallest absolute Gasteiger partial charge is 0.0224 e. The highest BCUT2D eigenvalue weighted by molar-refractivity contribution is 6.17. The minimum absolute atomic E-state index is 0.546. The van der Waals surface area contributed by atoms with Crippen LogP contribution in [0.15, 0.2) is 24.3 Å². The molecule has 1 N–H and O–H groups in total. The van der Waals surface area contributed by atoms with Crippen LogP contribution < -0.4 is 5.32 Å². The van der Waals surface area contributed by atoms with Gasteiger partial charge in [0.25, 0.3) is 0 Å². The summed E-state index contributed by atoms with van der Waals surface area (Å²) in [4.78, 5) is 0. The maximum atomic E-state index is 5.66. The molecule has 1 rings (SSSR count). The van der Waals surface area contributed by atoms with Gasteiger partial charge in [0.15, 0.2) is 0 Å². The highest BCUT2D eigenvalue weighted by Gasteiger charge is 2.00. The Bertz CT molecular complexity index is 286. The van der Waals surface area contributed by atoms with Crippen LogP contribution in [-0.2, 0) is 6.54 Å². The first-order valence-electron chi connectivity index (χ1n) is 5.57. The Hall–Kier alpha value is -0.530. The zero-order chi connectivity index (χ0) is 11.1. The van der Waals surface area contributed by atoms with Gasteiger partial charge in [-0.3, -0.25) is 0 Å². The van der Waals surface area contributed by atoms with Crippen LogP contribution in [-0.4, -0.2) is 11.9 Å². The molecular weight excluding hydrogens is 206 g/mol. The summed E-state index contributed by atoms with van der Waals surface area (Å²) in [5.74, 6) is 0.760. The predicted octanol–water partition coefficient (Wildman–Crippen LogP) is 3.49. The van der Waals surface area contributed by atoms with Crippen LogP contribution in [0.5, 0.6) is 0 Å². The highest BCUT2D eigenvalue weighted by atomic mass is 35.5. The molecule has 0 amide bonds. The largest absolute Gasteiger partial charge is 0.310 e. The van der Waals surface area contributed by atoms with Gasteiger partial charge in [-0.15, -0.1) is 11.6 Å². The molecule has 0 bridgehead atoms. The molecule has 1 aromatic rings. The lowest BCUT2D eigenvalue weighted by Crippen LogP contribution is -2.25. The third kappa shape index (κ3) is 5.19. The lowest BCUT2D eigenvalue weighted by molar-refractivity contribution is 0.509. The van der Waals surface area contributed by atoms with Crippen molar-refractivity contribution in [2.75, 3.05) is 5.88 Å². The number of halogens is 1. The molecule has 0 aliphatic rings. The maximum Gasteiger partial charge on any atom is 0.0224 e. The third-order valence-electron chi connectivity index (χ3n) is 2.51. The second-order valence-electron chi connectivity index (χ2n) is 4.10. The topological polar surface area (TPSA) is 12.0 Å². The Morgan fingerprint density at radius 1 is 1.40 bits per heavy atom. The standard InChI is InChI=1S/C13H20ClN/c1-11-5-3-7-13(9-11)10-15-12(2)6-4-8-14/h3,5,7,9,12,15H,4,6,8,10H2,1-2H3. The van der Waals surface area contributed by atoms with Crippen molar-refractivity contribution in [3.05, 3.63) is 35.4 Å². The normalized spacial score (nSPS) is 12.7. The summed E-state index contributed by atoms with van der Waals surface area (Å²) in [5.41, 5.74) is 2.68. The monoisotopic (exact) mass is 225 g/mol. The molecule has 0 radical (unpaired) electrons. The minimum Gasteiger partial charge on any atom is -0.310 e. The quantitative estimate of drug-likeness (QED) is 0.731. The van der Waals surface area contributed by atoms with Gasteiger partial charge >= 0.3 is 0 Å². The van der Waals surface area contributed by atoms with E-state index in [9.17, 15) is 0 Å². The molecule has 0 fully saturated rings. The minimum atomic E-state index is 0.546. The van der Waals surface area contributed by atoms with E-state index in [0.717, 1.165) is 25.3 Å². The lowest BCUT2D eigenvalue weighted by atomic mass is 10.1. The van der Waals surface area contributed by atoms with Crippen molar-refractivity contribution >= 4 is 11.6 Å². The zero-order valence-electron chi connectivity index (χ0n) is 9.59. The fourth-order valence-electron chi connectivity index (χ4n) is 1.60. The summed E-state index contributed by atoms with van der Waals surface area (Å²) in [5, 5.41) is 3.50. The number of aryl methyl sites for hydroxylation is 1. The van der Waals surface area contributed by atoms with Crippen LogP contribution in [0, 0.1) is 6.92 Å². The third-order valence-corrected chi connectivity index (χ3v) is 2.78. The fraction of sp³-hybridized carbons (Fsp3) is 0.538. The van der Waals surface area contributed by atoms with Gasteiger partial charge in [0.05, 0.1) is 0 Å². The number of hydrogen-bond acceptors (Lipinski definition) is 1. The van der Waals surface area contributed by atoms with Crippen molar-refractivity contribution in [3.8, 4) is 0 Å². The van der Waals surface area contributed by atoms with Gasteiger partial charge in [-0.2, -0.15) is 0 Å². The number of nitrogens with one attached hydrogen (secondary N) is 1. The van der Waals surface area contributed by atoms with E-state index in [1.165, 1.54) is 11.1 Å². The molecule has 0 saturated carbocycles. The Kier molecular flexibility index (Phi) is 5.74. The first-order chi connectivity index (χ1) is 7.22. The van der Waals surface area contributed by atoms with Crippen LogP contribution in [0.4, 0.5) is 0 Å². The second-order valence-corrected chi connectivity index (χ2v) is 4.48. The Balaban J connectivity index is 2.30. The molecule has 1 unspecified atom stereocenters. The van der Waals surface area contributed by atoms with E-state index >= 15 is 0 Å². The van der Waals surface area contributed by atoms with Gasteiger partial charge in [0.2, 0.25) is 0 Å². The van der Waals surface area contributed by atoms with Crippen molar-refractivity contribution in [1.82, 2.24) is 5.32 Å². The Labute approximate surface area is 97.8 Å². The summed E-state index contributed by atoms with van der Waals surface area (Å²) < 4.78 is 0. The van der Waals surface area contributed by atoms with Crippen LogP contribution in [0.2, 0.25) is 0 Å². The average Bonchev–Trinajstić information content (AvgIpc) is 2.23. The SMILES string of the molecule is Cc1cccc(CNC(C)CCCCl)c1. The van der Waals surface area contributed by atoms with Gasteiger partial charge < -0.3 is 5.32 Å². The second kappa shape index (κ2) is 6.86.